The number of hydrogen-bond acceptors (Lipinski definition) is 2. The molecule has 2 heterocycles. The Hall–Kier alpha value is -3.38. The van der Waals surface area contributed by atoms with E-state index >= 15 is 0 Å². The van der Waals surface area contributed by atoms with Crippen LogP contribution in [-0.4, -0.2) is 20.2 Å². The van der Waals surface area contributed by atoms with Crippen LogP contribution >= 0.6 is 11.6 Å². The van der Waals surface area contributed by atoms with Gasteiger partial charge in [0, 0.05) is 50.6 Å². The van der Waals surface area contributed by atoms with Crippen molar-refractivity contribution in [2.24, 2.45) is 0 Å². The second-order valence-corrected chi connectivity index (χ2v) is 7.51. The number of pyridine rings is 1. The van der Waals surface area contributed by atoms with E-state index < -0.39 is 5.97 Å². The Labute approximate surface area is 176 Å². The van der Waals surface area contributed by atoms with Crippen LogP contribution < -0.4 is 5.56 Å². The van der Waals surface area contributed by atoms with E-state index in [0.29, 0.717) is 10.6 Å². The van der Waals surface area contributed by atoms with Gasteiger partial charge in [-0.25, -0.2) is 4.39 Å². The van der Waals surface area contributed by atoms with E-state index in [2.05, 4.69) is 0 Å². The smallest absolute Gasteiger partial charge is 0.323 e. The van der Waals surface area contributed by atoms with Gasteiger partial charge in [0.25, 0.3) is 5.56 Å². The Morgan fingerprint density at radius 1 is 1.13 bits per heavy atom. The van der Waals surface area contributed by atoms with Crippen LogP contribution in [0.4, 0.5) is 4.39 Å². The first-order valence-electron chi connectivity index (χ1n) is 9.29. The molecule has 152 valence electrons. The highest BCUT2D eigenvalue weighted by Crippen LogP contribution is 2.35. The van der Waals surface area contributed by atoms with Crippen LogP contribution in [0.3, 0.4) is 0 Å². The summed E-state index contributed by atoms with van der Waals surface area (Å²) < 4.78 is 17.2. The minimum Gasteiger partial charge on any atom is -0.480 e. The van der Waals surface area contributed by atoms with Crippen LogP contribution in [0.2, 0.25) is 5.02 Å². The molecule has 0 unspecified atom stereocenters. The highest BCUT2D eigenvalue weighted by molar-refractivity contribution is 6.31. The molecule has 30 heavy (non-hydrogen) atoms. The van der Waals surface area contributed by atoms with Gasteiger partial charge in [0.2, 0.25) is 0 Å². The predicted molar refractivity (Wildman–Crippen MR) is 115 cm³/mol. The van der Waals surface area contributed by atoms with Gasteiger partial charge in [-0.15, -0.1) is 0 Å². The zero-order valence-electron chi connectivity index (χ0n) is 16.1. The summed E-state index contributed by atoms with van der Waals surface area (Å²) in [6.45, 7) is 1.73. The summed E-state index contributed by atoms with van der Waals surface area (Å²) in [5.41, 5.74) is 3.14. The lowest BCUT2D eigenvalue weighted by Crippen LogP contribution is -2.19. The quantitative estimate of drug-likeness (QED) is 0.505. The highest BCUT2D eigenvalue weighted by Gasteiger charge is 2.18. The number of halogens is 2. The van der Waals surface area contributed by atoms with Gasteiger partial charge in [0.15, 0.2) is 0 Å². The molecule has 0 bridgehead atoms. The van der Waals surface area contributed by atoms with Gasteiger partial charge >= 0.3 is 5.97 Å². The van der Waals surface area contributed by atoms with Crippen LogP contribution in [0.1, 0.15) is 11.3 Å². The number of benzene rings is 2. The minimum absolute atomic E-state index is 0.0902. The molecule has 4 rings (SSSR count). The van der Waals surface area contributed by atoms with Crippen LogP contribution in [0.15, 0.2) is 65.6 Å². The molecule has 0 aliphatic heterocycles. The number of carbonyl (C=O) groups is 1. The van der Waals surface area contributed by atoms with Crippen molar-refractivity contribution in [1.29, 1.82) is 0 Å². The molecule has 0 atom stereocenters. The lowest BCUT2D eigenvalue weighted by Gasteiger charge is -2.10. The fraction of sp³-hybridized carbons (Fsp3) is 0.130. The Balaban J connectivity index is 1.90. The molecule has 0 radical (unpaired) electrons. The zero-order valence-corrected chi connectivity index (χ0v) is 16.9. The summed E-state index contributed by atoms with van der Waals surface area (Å²) in [7, 11) is 0. The number of hydrogen-bond donors (Lipinski definition) is 1. The largest absolute Gasteiger partial charge is 0.480 e. The van der Waals surface area contributed by atoms with Gasteiger partial charge < -0.3 is 14.2 Å². The van der Waals surface area contributed by atoms with Crippen molar-refractivity contribution in [3.8, 4) is 11.1 Å². The summed E-state index contributed by atoms with van der Waals surface area (Å²) in [5, 5.41) is 10.6. The molecule has 0 spiro atoms. The van der Waals surface area contributed by atoms with Crippen LogP contribution in [0.25, 0.3) is 22.0 Å². The van der Waals surface area contributed by atoms with E-state index in [1.54, 1.807) is 53.2 Å². The third-order valence-corrected chi connectivity index (χ3v) is 5.38. The van der Waals surface area contributed by atoms with E-state index in [1.165, 1.54) is 16.7 Å². The zero-order chi connectivity index (χ0) is 21.4. The summed E-state index contributed by atoms with van der Waals surface area (Å²) in [6, 6.07) is 14.7. The fourth-order valence-electron chi connectivity index (χ4n) is 3.77. The van der Waals surface area contributed by atoms with Gasteiger partial charge in [-0.2, -0.15) is 0 Å². The molecule has 0 amide bonds. The lowest BCUT2D eigenvalue weighted by atomic mass is 10.0. The first-order chi connectivity index (χ1) is 14.3. The molecule has 0 aliphatic carbocycles. The molecule has 0 fully saturated rings. The van der Waals surface area contributed by atoms with E-state index in [-0.39, 0.29) is 24.5 Å². The maximum absolute atomic E-state index is 14.1. The Kier molecular flexibility index (Phi) is 5.18. The summed E-state index contributed by atoms with van der Waals surface area (Å²) >= 11 is 6.20. The summed E-state index contributed by atoms with van der Waals surface area (Å²) in [6.07, 6.45) is 1.67. The SMILES string of the molecule is Cc1c(-c2ccc(=O)n(Cc3ccccc3F)c2)c2cc(Cl)ccc2n1CC(=O)O. The molecule has 5 nitrogen and oxygen atoms in total. The Morgan fingerprint density at radius 3 is 2.63 bits per heavy atom. The molecule has 2 aromatic carbocycles. The van der Waals surface area contributed by atoms with Crippen molar-refractivity contribution in [3.63, 3.8) is 0 Å². The Morgan fingerprint density at radius 2 is 1.90 bits per heavy atom. The molecular weight excluding hydrogens is 407 g/mol. The maximum Gasteiger partial charge on any atom is 0.323 e. The standard InChI is InChI=1S/C23H18ClFN2O3/c1-14-23(18-10-17(24)7-8-20(18)27(14)13-22(29)30)16-6-9-21(28)26(12-16)11-15-4-2-3-5-19(15)25/h2-10,12H,11,13H2,1H3,(H,29,30). The first-order valence-corrected chi connectivity index (χ1v) is 9.67. The van der Waals surface area contributed by atoms with E-state index in [1.807, 2.05) is 6.92 Å². The van der Waals surface area contributed by atoms with Crippen LogP contribution in [0.5, 0.6) is 0 Å². The third kappa shape index (κ3) is 3.62. The normalized spacial score (nSPS) is 11.2. The van der Waals surface area contributed by atoms with E-state index in [0.717, 1.165) is 27.7 Å². The number of nitrogens with zero attached hydrogens (tertiary/aromatic N) is 2. The second-order valence-electron chi connectivity index (χ2n) is 7.08. The topological polar surface area (TPSA) is 64.2 Å². The van der Waals surface area contributed by atoms with E-state index in [4.69, 9.17) is 11.6 Å². The van der Waals surface area contributed by atoms with Gasteiger partial charge in [-0.1, -0.05) is 29.8 Å². The number of aromatic nitrogens is 2. The number of rotatable bonds is 5. The average molecular weight is 425 g/mol. The van der Waals surface area contributed by atoms with Gasteiger partial charge in [0.1, 0.15) is 12.4 Å². The number of carboxylic acid groups (broad SMARTS) is 1. The number of carboxylic acids is 1. The Bertz CT molecular complexity index is 1340. The summed E-state index contributed by atoms with van der Waals surface area (Å²) in [5.74, 6) is -1.34. The average Bonchev–Trinajstić information content (AvgIpc) is 2.96. The molecule has 7 heteroatoms. The number of fused-ring (bicyclic) bond motifs is 1. The van der Waals surface area contributed by atoms with Crippen LogP contribution in [-0.2, 0) is 17.9 Å². The monoisotopic (exact) mass is 424 g/mol. The lowest BCUT2D eigenvalue weighted by molar-refractivity contribution is -0.137. The third-order valence-electron chi connectivity index (χ3n) is 5.15. The molecule has 0 saturated heterocycles. The first kappa shape index (κ1) is 19.9. The summed E-state index contributed by atoms with van der Waals surface area (Å²) in [4.78, 5) is 23.8. The molecule has 2 aromatic heterocycles. The van der Waals surface area contributed by atoms with Crippen molar-refractivity contribution < 1.29 is 14.3 Å². The van der Waals surface area contributed by atoms with Crippen LogP contribution in [0, 0.1) is 12.7 Å². The predicted octanol–water partition coefficient (Wildman–Crippen LogP) is 4.70. The molecule has 1 N–H and O–H groups in total. The van der Waals surface area contributed by atoms with Gasteiger partial charge in [-0.05, 0) is 37.3 Å². The molecule has 4 aromatic rings. The van der Waals surface area contributed by atoms with Crippen molar-refractivity contribution in [3.05, 3.63) is 93.2 Å². The van der Waals surface area contributed by atoms with Crippen molar-refractivity contribution in [1.82, 2.24) is 9.13 Å². The number of aliphatic carboxylic acids is 1. The second kappa shape index (κ2) is 7.80. The molecule has 0 saturated carbocycles. The van der Waals surface area contributed by atoms with Crippen molar-refractivity contribution in [2.75, 3.05) is 0 Å². The minimum atomic E-state index is -0.957. The highest BCUT2D eigenvalue weighted by atomic mass is 35.5. The van der Waals surface area contributed by atoms with Gasteiger partial charge in [-0.3, -0.25) is 9.59 Å². The fourth-order valence-corrected chi connectivity index (χ4v) is 3.94. The van der Waals surface area contributed by atoms with Crippen molar-refractivity contribution in [2.45, 2.75) is 20.0 Å². The van der Waals surface area contributed by atoms with Gasteiger partial charge in [0.05, 0.1) is 6.54 Å². The van der Waals surface area contributed by atoms with Crippen molar-refractivity contribution >= 4 is 28.5 Å². The maximum atomic E-state index is 14.1. The van der Waals surface area contributed by atoms with E-state index in [9.17, 15) is 19.1 Å². The molecule has 0 aliphatic rings. The molecular formula is C23H18ClFN2O3.